The molecule has 0 radical (unpaired) electrons. The van der Waals surface area contributed by atoms with Gasteiger partial charge in [-0.2, -0.15) is 0 Å². The number of carbonyl (C=O) groups is 1. The minimum absolute atomic E-state index is 0. The number of ether oxygens (including phenoxy) is 1. The van der Waals surface area contributed by atoms with Gasteiger partial charge >= 0.3 is 0 Å². The number of halogens is 1. The molecular formula is C13H21ClN2O2. The second-order valence-corrected chi connectivity index (χ2v) is 4.03. The molecule has 3 N–H and O–H groups in total. The summed E-state index contributed by atoms with van der Waals surface area (Å²) in [6, 6.07) is 7.19. The van der Waals surface area contributed by atoms with Crippen molar-refractivity contribution in [1.82, 2.24) is 5.32 Å². The van der Waals surface area contributed by atoms with Gasteiger partial charge in [0.05, 0.1) is 19.2 Å². The number of amides is 1. The van der Waals surface area contributed by atoms with E-state index in [0.717, 1.165) is 17.7 Å². The zero-order valence-corrected chi connectivity index (χ0v) is 11.8. The summed E-state index contributed by atoms with van der Waals surface area (Å²) in [5, 5.41) is 2.92. The number of rotatable bonds is 5. The smallest absolute Gasteiger partial charge is 0.237 e. The predicted octanol–water partition coefficient (Wildman–Crippen LogP) is 2.03. The van der Waals surface area contributed by atoms with Gasteiger partial charge < -0.3 is 15.8 Å². The number of methoxy groups -OCH3 is 1. The Hall–Kier alpha value is -1.26. The molecule has 1 aromatic carbocycles. The lowest BCUT2D eigenvalue weighted by Crippen LogP contribution is -2.40. The highest BCUT2D eigenvalue weighted by atomic mass is 35.5. The predicted molar refractivity (Wildman–Crippen MR) is 75.1 cm³/mol. The Morgan fingerprint density at radius 2 is 1.94 bits per heavy atom. The van der Waals surface area contributed by atoms with Crippen molar-refractivity contribution < 1.29 is 9.53 Å². The molecule has 0 spiro atoms. The molecule has 0 aliphatic rings. The molecule has 0 saturated carbocycles. The van der Waals surface area contributed by atoms with Gasteiger partial charge in [0.25, 0.3) is 0 Å². The van der Waals surface area contributed by atoms with Gasteiger partial charge in [0, 0.05) is 0 Å². The van der Waals surface area contributed by atoms with Crippen LogP contribution in [0.1, 0.15) is 31.9 Å². The Labute approximate surface area is 114 Å². The first-order chi connectivity index (χ1) is 8.08. The van der Waals surface area contributed by atoms with Crippen molar-refractivity contribution in [2.45, 2.75) is 32.4 Å². The zero-order chi connectivity index (χ0) is 12.8. The maximum Gasteiger partial charge on any atom is 0.237 e. The summed E-state index contributed by atoms with van der Waals surface area (Å²) in [6.07, 6.45) is 0.824. The Bertz CT molecular complexity index is 366. The van der Waals surface area contributed by atoms with E-state index in [0.29, 0.717) is 0 Å². The summed E-state index contributed by atoms with van der Waals surface area (Å²) in [4.78, 5) is 11.5. The summed E-state index contributed by atoms with van der Waals surface area (Å²) in [6.45, 7) is 3.70. The third-order valence-corrected chi connectivity index (χ3v) is 2.66. The monoisotopic (exact) mass is 272 g/mol. The third kappa shape index (κ3) is 4.55. The van der Waals surface area contributed by atoms with E-state index in [4.69, 9.17) is 10.5 Å². The maximum absolute atomic E-state index is 11.5. The molecule has 0 saturated heterocycles. The average Bonchev–Trinajstić information content (AvgIpc) is 2.35. The molecule has 0 aliphatic carbocycles. The SMILES string of the molecule is CCC(NC(=O)[C@@H](C)N)c1ccc(OC)cc1.Cl. The second-order valence-electron chi connectivity index (χ2n) is 4.03. The summed E-state index contributed by atoms with van der Waals surface area (Å²) in [7, 11) is 1.63. The summed E-state index contributed by atoms with van der Waals surface area (Å²) in [5.74, 6) is 0.676. The van der Waals surface area contributed by atoms with E-state index < -0.39 is 6.04 Å². The van der Waals surface area contributed by atoms with Gasteiger partial charge in [0.2, 0.25) is 5.91 Å². The van der Waals surface area contributed by atoms with Crippen LogP contribution >= 0.6 is 12.4 Å². The van der Waals surface area contributed by atoms with Crippen LogP contribution in [0.4, 0.5) is 0 Å². The minimum Gasteiger partial charge on any atom is -0.497 e. The van der Waals surface area contributed by atoms with Crippen molar-refractivity contribution >= 4 is 18.3 Å². The number of benzene rings is 1. The molecule has 5 heteroatoms. The van der Waals surface area contributed by atoms with Crippen LogP contribution in [-0.4, -0.2) is 19.1 Å². The van der Waals surface area contributed by atoms with E-state index in [9.17, 15) is 4.79 Å². The fourth-order valence-electron chi connectivity index (χ4n) is 1.56. The van der Waals surface area contributed by atoms with E-state index in [2.05, 4.69) is 5.32 Å². The van der Waals surface area contributed by atoms with Crippen molar-refractivity contribution in [2.24, 2.45) is 5.73 Å². The fourth-order valence-corrected chi connectivity index (χ4v) is 1.56. The van der Waals surface area contributed by atoms with Gasteiger partial charge in [-0.3, -0.25) is 4.79 Å². The first kappa shape index (κ1) is 16.7. The van der Waals surface area contributed by atoms with Crippen LogP contribution in [0.5, 0.6) is 5.75 Å². The molecule has 2 atom stereocenters. The summed E-state index contributed by atoms with van der Waals surface area (Å²) >= 11 is 0. The van der Waals surface area contributed by atoms with Crippen molar-refractivity contribution in [2.75, 3.05) is 7.11 Å². The molecule has 0 heterocycles. The molecular weight excluding hydrogens is 252 g/mol. The quantitative estimate of drug-likeness (QED) is 0.862. The second kappa shape index (κ2) is 7.95. The van der Waals surface area contributed by atoms with Crippen molar-refractivity contribution in [1.29, 1.82) is 0 Å². The van der Waals surface area contributed by atoms with Crippen LogP contribution in [0.3, 0.4) is 0 Å². The lowest BCUT2D eigenvalue weighted by molar-refractivity contribution is -0.122. The lowest BCUT2D eigenvalue weighted by atomic mass is 10.0. The van der Waals surface area contributed by atoms with E-state index in [1.807, 2.05) is 31.2 Å². The van der Waals surface area contributed by atoms with E-state index in [1.165, 1.54) is 0 Å². The first-order valence-corrected chi connectivity index (χ1v) is 5.78. The van der Waals surface area contributed by atoms with Gasteiger partial charge in [-0.1, -0.05) is 19.1 Å². The van der Waals surface area contributed by atoms with Crippen molar-refractivity contribution in [3.63, 3.8) is 0 Å². The molecule has 0 aromatic heterocycles. The number of hydrogen-bond donors (Lipinski definition) is 2. The van der Waals surface area contributed by atoms with Gasteiger partial charge in [-0.05, 0) is 31.0 Å². The highest BCUT2D eigenvalue weighted by molar-refractivity contribution is 5.85. The molecule has 1 unspecified atom stereocenters. The van der Waals surface area contributed by atoms with E-state index in [-0.39, 0.29) is 24.4 Å². The standard InChI is InChI=1S/C13H20N2O2.ClH/c1-4-12(15-13(16)9(2)14)10-5-7-11(17-3)8-6-10;/h5-9,12H,4,14H2,1-3H3,(H,15,16);1H/t9-,12?;/m1./s1. The lowest BCUT2D eigenvalue weighted by Gasteiger charge is -2.19. The normalized spacial score (nSPS) is 13.1. The highest BCUT2D eigenvalue weighted by Gasteiger charge is 2.14. The number of nitrogens with one attached hydrogen (secondary N) is 1. The van der Waals surface area contributed by atoms with Crippen LogP contribution < -0.4 is 15.8 Å². The van der Waals surface area contributed by atoms with Crippen molar-refractivity contribution in [3.8, 4) is 5.75 Å². The van der Waals surface area contributed by atoms with E-state index in [1.54, 1.807) is 14.0 Å². The Morgan fingerprint density at radius 1 is 1.39 bits per heavy atom. The van der Waals surface area contributed by atoms with Crippen LogP contribution in [-0.2, 0) is 4.79 Å². The molecule has 1 amide bonds. The molecule has 0 bridgehead atoms. The molecule has 1 aromatic rings. The van der Waals surface area contributed by atoms with Crippen molar-refractivity contribution in [3.05, 3.63) is 29.8 Å². The zero-order valence-electron chi connectivity index (χ0n) is 11.0. The largest absolute Gasteiger partial charge is 0.497 e. The average molecular weight is 273 g/mol. The first-order valence-electron chi connectivity index (χ1n) is 5.78. The van der Waals surface area contributed by atoms with Gasteiger partial charge in [-0.25, -0.2) is 0 Å². The van der Waals surface area contributed by atoms with Gasteiger partial charge in [0.15, 0.2) is 0 Å². The topological polar surface area (TPSA) is 64.4 Å². The fraction of sp³-hybridized carbons (Fsp3) is 0.462. The number of carbonyl (C=O) groups excluding carboxylic acids is 1. The number of nitrogens with two attached hydrogens (primary N) is 1. The minimum atomic E-state index is -0.484. The Morgan fingerprint density at radius 3 is 2.33 bits per heavy atom. The van der Waals surface area contributed by atoms with Gasteiger partial charge in [-0.15, -0.1) is 12.4 Å². The summed E-state index contributed by atoms with van der Waals surface area (Å²) < 4.78 is 5.09. The van der Waals surface area contributed by atoms with E-state index >= 15 is 0 Å². The Kier molecular flexibility index (Phi) is 7.39. The molecule has 1 rings (SSSR count). The molecule has 102 valence electrons. The molecule has 4 nitrogen and oxygen atoms in total. The molecule has 0 fully saturated rings. The molecule has 18 heavy (non-hydrogen) atoms. The summed E-state index contributed by atoms with van der Waals surface area (Å²) in [5.41, 5.74) is 6.59. The van der Waals surface area contributed by atoms with Crippen LogP contribution in [0.25, 0.3) is 0 Å². The van der Waals surface area contributed by atoms with Crippen LogP contribution in [0.15, 0.2) is 24.3 Å². The van der Waals surface area contributed by atoms with Crippen LogP contribution in [0, 0.1) is 0 Å². The molecule has 0 aliphatic heterocycles. The highest BCUT2D eigenvalue weighted by Crippen LogP contribution is 2.19. The Balaban J connectivity index is 0.00000289. The third-order valence-electron chi connectivity index (χ3n) is 2.66. The van der Waals surface area contributed by atoms with Crippen LogP contribution in [0.2, 0.25) is 0 Å². The van der Waals surface area contributed by atoms with Gasteiger partial charge in [0.1, 0.15) is 5.75 Å². The number of hydrogen-bond acceptors (Lipinski definition) is 3. The maximum atomic E-state index is 11.5.